The van der Waals surface area contributed by atoms with Gasteiger partial charge in [0.05, 0.1) is 12.7 Å². The van der Waals surface area contributed by atoms with Crippen molar-refractivity contribution in [3.05, 3.63) is 46.0 Å². The molecule has 0 radical (unpaired) electrons. The fourth-order valence-corrected chi connectivity index (χ4v) is 4.73. The number of hydrogen-bond donors (Lipinski definition) is 3. The van der Waals surface area contributed by atoms with Crippen LogP contribution >= 0.6 is 19.4 Å². The second-order valence-corrected chi connectivity index (χ2v) is 11.2. The van der Waals surface area contributed by atoms with Gasteiger partial charge in [-0.15, -0.1) is 0 Å². The third-order valence-electron chi connectivity index (χ3n) is 5.77. The van der Waals surface area contributed by atoms with Crippen LogP contribution in [-0.4, -0.2) is 54.5 Å². The maximum absolute atomic E-state index is 12.8. The number of ketones is 1. The molecule has 1 fully saturated rings. The number of H-pyrrole nitrogens is 1. The van der Waals surface area contributed by atoms with Gasteiger partial charge in [-0.05, 0) is 31.2 Å². The summed E-state index contributed by atoms with van der Waals surface area (Å²) in [6.07, 6.45) is -3.06. The van der Waals surface area contributed by atoms with Crippen LogP contribution in [0.25, 0.3) is 11.2 Å². The molecule has 3 aromatic rings. The summed E-state index contributed by atoms with van der Waals surface area (Å²) in [5.74, 6) is -1.92. The lowest BCUT2D eigenvalue weighted by molar-refractivity contribution is -0.169. The molecule has 4 rings (SSSR count). The summed E-state index contributed by atoms with van der Waals surface area (Å²) in [6.45, 7) is 4.65. The minimum absolute atomic E-state index is 0.0182. The van der Waals surface area contributed by atoms with Crippen molar-refractivity contribution in [3.63, 3.8) is 0 Å². The lowest BCUT2D eigenvalue weighted by Crippen LogP contribution is -2.29. The Hall–Kier alpha value is -3.62. The van der Waals surface area contributed by atoms with Gasteiger partial charge >= 0.3 is 13.8 Å². The first-order chi connectivity index (χ1) is 19.3. The number of aromatic nitrogens is 4. The van der Waals surface area contributed by atoms with E-state index in [0.29, 0.717) is 5.02 Å². The molecule has 0 bridgehead atoms. The number of ether oxygens (including phenoxy) is 2. The Kier molecular flexibility index (Phi) is 9.24. The van der Waals surface area contributed by atoms with E-state index in [-0.39, 0.29) is 59.7 Å². The second-order valence-electron chi connectivity index (χ2n) is 9.43. The van der Waals surface area contributed by atoms with Crippen molar-refractivity contribution in [2.24, 2.45) is 5.92 Å². The maximum atomic E-state index is 12.8. The number of benzene rings is 1. The predicted molar refractivity (Wildman–Crippen MR) is 143 cm³/mol. The molecule has 3 N–H and O–H groups in total. The van der Waals surface area contributed by atoms with Gasteiger partial charge in [0, 0.05) is 23.8 Å². The van der Waals surface area contributed by atoms with E-state index in [4.69, 9.17) is 30.1 Å². The van der Waals surface area contributed by atoms with E-state index in [1.54, 1.807) is 13.8 Å². The van der Waals surface area contributed by atoms with Crippen molar-refractivity contribution in [3.8, 4) is 5.75 Å². The molecule has 1 aromatic carbocycles. The van der Waals surface area contributed by atoms with Crippen LogP contribution in [0, 0.1) is 5.92 Å². The number of carbonyl (C=O) groups is 3. The van der Waals surface area contributed by atoms with Crippen molar-refractivity contribution in [2.45, 2.75) is 58.7 Å². The molecule has 4 atom stereocenters. The minimum atomic E-state index is -4.84. The molecule has 0 aliphatic carbocycles. The Morgan fingerprint density at radius 1 is 1.27 bits per heavy atom. The monoisotopic (exact) mass is 611 g/mol. The Morgan fingerprint density at radius 2 is 1.98 bits per heavy atom. The molecule has 1 aliphatic heterocycles. The van der Waals surface area contributed by atoms with Crippen molar-refractivity contribution < 1.29 is 42.4 Å². The summed E-state index contributed by atoms with van der Waals surface area (Å²) >= 11 is 5.83. The van der Waals surface area contributed by atoms with E-state index >= 15 is 0 Å². The van der Waals surface area contributed by atoms with Crippen LogP contribution in [0.3, 0.4) is 0 Å². The summed E-state index contributed by atoms with van der Waals surface area (Å²) in [5.41, 5.74) is -0.693. The van der Waals surface area contributed by atoms with E-state index < -0.39 is 38.0 Å². The topological polar surface area (TPSA) is 201 Å². The smallest absolute Gasteiger partial charge is 0.457 e. The zero-order valence-corrected chi connectivity index (χ0v) is 23.8. The van der Waals surface area contributed by atoms with Crippen LogP contribution in [0.5, 0.6) is 5.75 Å². The minimum Gasteiger partial charge on any atom is -0.457 e. The number of Topliss-reactive ketones (excluding diaryl/α,β-unsaturated/α-hetero) is 1. The zero-order chi connectivity index (χ0) is 29.9. The lowest BCUT2D eigenvalue weighted by Gasteiger charge is -2.21. The van der Waals surface area contributed by atoms with Crippen LogP contribution in [-0.2, 0) is 32.9 Å². The van der Waals surface area contributed by atoms with Gasteiger partial charge in [0.1, 0.15) is 17.8 Å². The first-order valence-corrected chi connectivity index (χ1v) is 14.3. The summed E-state index contributed by atoms with van der Waals surface area (Å²) in [4.78, 5) is 69.6. The standard InChI is InChI=1S/C24H27ClN5O10P/c1-12(2)21(33)28-24-27-20-19(22(34)29-24)26-11-30(20)17-10-16(37-18(32)9-4-13(3)31)23(38-17)40-41(35,36)39-15-7-5-14(25)6-8-15/h5-8,11-12,16-17,23H,4,9-10H2,1-3H3,(H,35,36)(H2,27,28,29,33,34)/t16-,17+,23+/m1/s1. The number of rotatable bonds is 11. The molecule has 17 heteroatoms. The number of fused-ring (bicyclic) bond motifs is 1. The van der Waals surface area contributed by atoms with E-state index in [1.807, 2.05) is 0 Å². The average molecular weight is 612 g/mol. The van der Waals surface area contributed by atoms with Gasteiger partial charge in [-0.25, -0.2) is 14.1 Å². The van der Waals surface area contributed by atoms with Gasteiger partial charge in [0.25, 0.3) is 5.56 Å². The van der Waals surface area contributed by atoms with Crippen LogP contribution in [0.2, 0.25) is 5.02 Å². The molecule has 15 nitrogen and oxygen atoms in total. The number of carbonyl (C=O) groups excluding carboxylic acids is 3. The molecule has 1 amide bonds. The Labute approximate surface area is 237 Å². The third-order valence-corrected chi connectivity index (χ3v) is 6.94. The summed E-state index contributed by atoms with van der Waals surface area (Å²) in [7, 11) is -4.84. The molecular formula is C24H27ClN5O10P. The number of phosphoric acid groups is 1. The van der Waals surface area contributed by atoms with Gasteiger partial charge in [0.2, 0.25) is 18.1 Å². The van der Waals surface area contributed by atoms with Crippen molar-refractivity contribution in [1.82, 2.24) is 19.5 Å². The number of hydrogen-bond acceptors (Lipinski definition) is 11. The zero-order valence-electron chi connectivity index (χ0n) is 22.1. The summed E-state index contributed by atoms with van der Waals surface area (Å²) < 4.78 is 35.7. The maximum Gasteiger partial charge on any atom is 0.529 e. The van der Waals surface area contributed by atoms with Gasteiger partial charge in [-0.3, -0.25) is 34.1 Å². The lowest BCUT2D eigenvalue weighted by atomic mass is 10.2. The van der Waals surface area contributed by atoms with Gasteiger partial charge < -0.3 is 18.8 Å². The quantitative estimate of drug-likeness (QED) is 0.212. The molecule has 2 aromatic heterocycles. The van der Waals surface area contributed by atoms with E-state index in [0.717, 1.165) is 0 Å². The SMILES string of the molecule is CC(=O)CCC(=O)O[C@@H]1C[C@@H](n2cnc3c(=O)[nH]c(NC(=O)C(C)C)nc32)O[C@H]1OP(=O)(O)Oc1ccc(Cl)cc1. The van der Waals surface area contributed by atoms with Gasteiger partial charge in [-0.1, -0.05) is 25.4 Å². The normalized spacial score (nSPS) is 20.1. The highest BCUT2D eigenvalue weighted by Crippen LogP contribution is 2.48. The average Bonchev–Trinajstić information content (AvgIpc) is 3.47. The van der Waals surface area contributed by atoms with E-state index in [9.17, 15) is 28.6 Å². The number of amides is 1. The third kappa shape index (κ3) is 7.77. The molecule has 1 saturated heterocycles. The van der Waals surface area contributed by atoms with E-state index in [1.165, 1.54) is 42.1 Å². The van der Waals surface area contributed by atoms with Crippen LogP contribution < -0.4 is 15.4 Å². The number of esters is 1. The number of nitrogens with zero attached hydrogens (tertiary/aromatic N) is 3. The van der Waals surface area contributed by atoms with Crippen LogP contribution in [0.4, 0.5) is 5.95 Å². The van der Waals surface area contributed by atoms with Gasteiger partial charge in [0.15, 0.2) is 17.3 Å². The Bertz CT molecular complexity index is 1560. The highest BCUT2D eigenvalue weighted by atomic mass is 35.5. The predicted octanol–water partition coefficient (Wildman–Crippen LogP) is 3.09. The Morgan fingerprint density at radius 3 is 2.63 bits per heavy atom. The summed E-state index contributed by atoms with van der Waals surface area (Å²) in [5, 5.41) is 2.88. The molecule has 1 unspecified atom stereocenters. The molecule has 0 saturated carbocycles. The fourth-order valence-electron chi connectivity index (χ4n) is 3.73. The van der Waals surface area contributed by atoms with Crippen molar-refractivity contribution in [2.75, 3.05) is 5.32 Å². The summed E-state index contributed by atoms with van der Waals surface area (Å²) in [6, 6.07) is 5.58. The number of halogens is 1. The molecule has 3 heterocycles. The number of anilines is 1. The first kappa shape index (κ1) is 30.3. The van der Waals surface area contributed by atoms with E-state index in [2.05, 4.69) is 20.3 Å². The van der Waals surface area contributed by atoms with Crippen molar-refractivity contribution >= 4 is 54.2 Å². The number of phosphoric ester groups is 1. The number of nitrogens with one attached hydrogen (secondary N) is 2. The van der Waals surface area contributed by atoms with Crippen LogP contribution in [0.1, 0.15) is 46.3 Å². The molecular weight excluding hydrogens is 585 g/mol. The molecule has 220 valence electrons. The number of imidazole rings is 1. The molecule has 41 heavy (non-hydrogen) atoms. The first-order valence-electron chi connectivity index (χ1n) is 12.4. The fraction of sp³-hybridized carbons (Fsp3) is 0.417. The van der Waals surface area contributed by atoms with Crippen LogP contribution in [0.15, 0.2) is 35.4 Å². The molecule has 0 spiro atoms. The second kappa shape index (κ2) is 12.5. The molecule has 1 aliphatic rings. The van der Waals surface area contributed by atoms with Gasteiger partial charge in [-0.2, -0.15) is 4.98 Å². The van der Waals surface area contributed by atoms with Crippen molar-refractivity contribution in [1.29, 1.82) is 0 Å². The number of aromatic amines is 1. The largest absolute Gasteiger partial charge is 0.529 e. The highest BCUT2D eigenvalue weighted by Gasteiger charge is 2.45. The highest BCUT2D eigenvalue weighted by molar-refractivity contribution is 7.47. The Balaban J connectivity index is 1.60.